The lowest BCUT2D eigenvalue weighted by molar-refractivity contribution is 0.281. The molecule has 140 valence electrons. The zero-order chi connectivity index (χ0) is 18.9. The normalized spacial score (nSPS) is 18.5. The summed E-state index contributed by atoms with van der Waals surface area (Å²) in [6.45, 7) is 3.29. The van der Waals surface area contributed by atoms with Gasteiger partial charge in [0.1, 0.15) is 5.01 Å². The molecule has 0 aliphatic carbocycles. The highest BCUT2D eigenvalue weighted by Crippen LogP contribution is 2.30. The molecule has 0 amide bonds. The number of piperidine rings is 1. The van der Waals surface area contributed by atoms with Gasteiger partial charge < -0.3 is 0 Å². The lowest BCUT2D eigenvalue weighted by Crippen LogP contribution is -2.39. The predicted octanol–water partition coefficient (Wildman–Crippen LogP) is 4.29. The van der Waals surface area contributed by atoms with Crippen LogP contribution in [0, 0.1) is 5.92 Å². The number of thiazole rings is 1. The third-order valence-electron chi connectivity index (χ3n) is 4.80. The summed E-state index contributed by atoms with van der Waals surface area (Å²) in [6, 6.07) is 10.9. The molecule has 5 nitrogen and oxygen atoms in total. The number of aromatic nitrogens is 2. The summed E-state index contributed by atoms with van der Waals surface area (Å²) >= 11 is 1.53. The Bertz CT molecular complexity index is 1030. The molecule has 7 heteroatoms. The van der Waals surface area contributed by atoms with Crippen molar-refractivity contribution >= 4 is 21.4 Å². The zero-order valence-electron chi connectivity index (χ0n) is 15.1. The lowest BCUT2D eigenvalue weighted by Gasteiger charge is -2.30. The second-order valence-electron chi connectivity index (χ2n) is 6.92. The number of rotatable bonds is 4. The fourth-order valence-corrected chi connectivity index (χ4v) is 5.82. The first kappa shape index (κ1) is 18.3. The quantitative estimate of drug-likeness (QED) is 0.656. The summed E-state index contributed by atoms with van der Waals surface area (Å²) in [4.78, 5) is 9.14. The molecule has 2 aromatic heterocycles. The van der Waals surface area contributed by atoms with Crippen LogP contribution in [0.25, 0.3) is 21.8 Å². The van der Waals surface area contributed by atoms with Crippen LogP contribution < -0.4 is 0 Å². The first-order valence-corrected chi connectivity index (χ1v) is 11.3. The van der Waals surface area contributed by atoms with E-state index in [0.717, 1.165) is 34.7 Å². The number of pyridine rings is 1. The van der Waals surface area contributed by atoms with Gasteiger partial charge in [-0.15, -0.1) is 11.3 Å². The summed E-state index contributed by atoms with van der Waals surface area (Å²) < 4.78 is 27.7. The fourth-order valence-electron chi connectivity index (χ4n) is 3.36. The van der Waals surface area contributed by atoms with Crippen LogP contribution >= 0.6 is 11.3 Å². The monoisotopic (exact) mass is 399 g/mol. The third kappa shape index (κ3) is 3.81. The number of benzene rings is 1. The van der Waals surface area contributed by atoms with Gasteiger partial charge in [-0.2, -0.15) is 4.31 Å². The summed E-state index contributed by atoms with van der Waals surface area (Å²) in [5, 5.41) is 2.83. The molecule has 0 spiro atoms. The van der Waals surface area contributed by atoms with E-state index in [1.54, 1.807) is 34.9 Å². The minimum Gasteiger partial charge on any atom is -0.264 e. The third-order valence-corrected chi connectivity index (χ3v) is 7.55. The largest absolute Gasteiger partial charge is 0.264 e. The average Bonchev–Trinajstić information content (AvgIpc) is 3.19. The predicted molar refractivity (Wildman–Crippen MR) is 108 cm³/mol. The van der Waals surface area contributed by atoms with Crippen molar-refractivity contribution in [1.29, 1.82) is 0 Å². The highest BCUT2D eigenvalue weighted by molar-refractivity contribution is 7.89. The van der Waals surface area contributed by atoms with Gasteiger partial charge in [-0.05, 0) is 43.0 Å². The Morgan fingerprint density at radius 3 is 2.81 bits per heavy atom. The van der Waals surface area contributed by atoms with Crippen molar-refractivity contribution < 1.29 is 8.42 Å². The Balaban J connectivity index is 1.64. The summed E-state index contributed by atoms with van der Waals surface area (Å²) in [5.41, 5.74) is 2.55. The van der Waals surface area contributed by atoms with E-state index >= 15 is 0 Å². The van der Waals surface area contributed by atoms with E-state index in [1.807, 2.05) is 23.6 Å². The van der Waals surface area contributed by atoms with E-state index in [0.29, 0.717) is 23.9 Å². The lowest BCUT2D eigenvalue weighted by atomic mass is 10.0. The molecule has 1 aromatic carbocycles. The molecular weight excluding hydrogens is 378 g/mol. The fraction of sp³-hybridized carbons (Fsp3) is 0.300. The van der Waals surface area contributed by atoms with Crippen LogP contribution in [0.1, 0.15) is 19.8 Å². The number of hydrogen-bond acceptors (Lipinski definition) is 5. The van der Waals surface area contributed by atoms with Crippen LogP contribution in [0.3, 0.4) is 0 Å². The van der Waals surface area contributed by atoms with E-state index < -0.39 is 10.0 Å². The average molecular weight is 400 g/mol. The molecule has 0 bridgehead atoms. The molecule has 1 fully saturated rings. The van der Waals surface area contributed by atoms with Crippen LogP contribution in [-0.2, 0) is 10.0 Å². The Morgan fingerprint density at radius 1 is 1.19 bits per heavy atom. The molecule has 3 heterocycles. The molecule has 0 unspecified atom stereocenters. The van der Waals surface area contributed by atoms with Crippen molar-refractivity contribution in [2.75, 3.05) is 13.1 Å². The molecule has 3 aromatic rings. The van der Waals surface area contributed by atoms with Gasteiger partial charge in [0, 0.05) is 42.0 Å². The highest BCUT2D eigenvalue weighted by Gasteiger charge is 2.28. The molecule has 0 radical (unpaired) electrons. The van der Waals surface area contributed by atoms with Gasteiger partial charge in [-0.25, -0.2) is 13.4 Å². The van der Waals surface area contributed by atoms with Gasteiger partial charge in [-0.1, -0.05) is 19.1 Å². The maximum absolute atomic E-state index is 13.0. The molecule has 1 aliphatic rings. The molecule has 0 saturated carbocycles. The summed E-state index contributed by atoms with van der Waals surface area (Å²) in [6.07, 6.45) is 5.51. The minimum absolute atomic E-state index is 0.338. The molecule has 27 heavy (non-hydrogen) atoms. The Morgan fingerprint density at radius 2 is 2.04 bits per heavy atom. The number of sulfonamides is 1. The van der Waals surface area contributed by atoms with Crippen LogP contribution in [0.2, 0.25) is 0 Å². The molecule has 1 atom stereocenters. The van der Waals surface area contributed by atoms with Gasteiger partial charge in [-0.3, -0.25) is 4.98 Å². The standard InChI is InChI=1S/C20H21N3O2S2/c1-15-5-4-10-23(13-15)27(24,25)18-8-2-6-16(11-18)19-14-26-20(22-19)17-7-3-9-21-12-17/h2-3,6-9,11-12,14-15H,4-5,10,13H2,1H3/t15-/m1/s1. The zero-order valence-corrected chi connectivity index (χ0v) is 16.7. The number of hydrogen-bond donors (Lipinski definition) is 0. The molecule has 1 saturated heterocycles. The van der Waals surface area contributed by atoms with E-state index in [4.69, 9.17) is 0 Å². The molecule has 0 N–H and O–H groups in total. The molecular formula is C20H21N3O2S2. The van der Waals surface area contributed by atoms with Crippen LogP contribution in [-0.4, -0.2) is 35.8 Å². The van der Waals surface area contributed by atoms with E-state index in [1.165, 1.54) is 11.3 Å². The van der Waals surface area contributed by atoms with Crippen LogP contribution in [0.5, 0.6) is 0 Å². The van der Waals surface area contributed by atoms with Gasteiger partial charge in [0.05, 0.1) is 10.6 Å². The Labute approximate surface area is 163 Å². The second kappa shape index (κ2) is 7.50. The van der Waals surface area contributed by atoms with Crippen molar-refractivity contribution in [2.45, 2.75) is 24.7 Å². The molecule has 1 aliphatic heterocycles. The first-order valence-electron chi connectivity index (χ1n) is 9.00. The molecule has 4 rings (SSSR count). The maximum Gasteiger partial charge on any atom is 0.243 e. The Kier molecular flexibility index (Phi) is 5.08. The van der Waals surface area contributed by atoms with Crippen LogP contribution in [0.15, 0.2) is 59.1 Å². The van der Waals surface area contributed by atoms with E-state index in [9.17, 15) is 8.42 Å². The van der Waals surface area contributed by atoms with Gasteiger partial charge in [0.15, 0.2) is 0 Å². The SMILES string of the molecule is C[C@@H]1CCCN(S(=O)(=O)c2cccc(-c3csc(-c4cccnc4)n3)c2)C1. The summed E-state index contributed by atoms with van der Waals surface area (Å²) in [5.74, 6) is 0.400. The highest BCUT2D eigenvalue weighted by atomic mass is 32.2. The van der Waals surface area contributed by atoms with Crippen molar-refractivity contribution in [2.24, 2.45) is 5.92 Å². The number of nitrogens with zero attached hydrogens (tertiary/aromatic N) is 3. The van der Waals surface area contributed by atoms with E-state index in [2.05, 4.69) is 16.9 Å². The van der Waals surface area contributed by atoms with Crippen molar-refractivity contribution in [3.63, 3.8) is 0 Å². The second-order valence-corrected chi connectivity index (χ2v) is 9.71. The van der Waals surface area contributed by atoms with Crippen molar-refractivity contribution in [3.8, 4) is 21.8 Å². The smallest absolute Gasteiger partial charge is 0.243 e. The maximum atomic E-state index is 13.0. The van der Waals surface area contributed by atoms with Gasteiger partial charge in [0.2, 0.25) is 10.0 Å². The van der Waals surface area contributed by atoms with Gasteiger partial charge in [0.25, 0.3) is 0 Å². The summed E-state index contributed by atoms with van der Waals surface area (Å²) in [7, 11) is -3.47. The minimum atomic E-state index is -3.47. The topological polar surface area (TPSA) is 63.2 Å². The van der Waals surface area contributed by atoms with Crippen molar-refractivity contribution in [3.05, 3.63) is 54.2 Å². The first-order chi connectivity index (χ1) is 13.0. The van der Waals surface area contributed by atoms with Crippen molar-refractivity contribution in [1.82, 2.24) is 14.3 Å². The van der Waals surface area contributed by atoms with E-state index in [-0.39, 0.29) is 0 Å². The van der Waals surface area contributed by atoms with Gasteiger partial charge >= 0.3 is 0 Å². The van der Waals surface area contributed by atoms with Crippen LogP contribution in [0.4, 0.5) is 0 Å². The Hall–Kier alpha value is -2.09.